The Labute approximate surface area is 118 Å². The van der Waals surface area contributed by atoms with E-state index in [2.05, 4.69) is 16.4 Å². The lowest BCUT2D eigenvalue weighted by molar-refractivity contribution is -0.121. The molecule has 0 unspecified atom stereocenters. The van der Waals surface area contributed by atoms with Crippen LogP contribution in [0, 0.1) is 17.2 Å². The normalized spacial score (nSPS) is 15.6. The SMILES string of the molecule is CC(C)[C@@](C)(C#N)NC(=O)[C@H](C)Sc1nccn1C. The van der Waals surface area contributed by atoms with E-state index in [9.17, 15) is 10.1 Å². The number of aromatic nitrogens is 2. The highest BCUT2D eigenvalue weighted by molar-refractivity contribution is 8.00. The highest BCUT2D eigenvalue weighted by Gasteiger charge is 2.32. The number of rotatable bonds is 5. The average Bonchev–Trinajstić information content (AvgIpc) is 2.74. The van der Waals surface area contributed by atoms with E-state index < -0.39 is 5.54 Å². The molecule has 0 saturated carbocycles. The van der Waals surface area contributed by atoms with Gasteiger partial charge in [0.1, 0.15) is 5.54 Å². The van der Waals surface area contributed by atoms with Crippen LogP contribution in [-0.4, -0.2) is 26.2 Å². The Balaban J connectivity index is 2.69. The first kappa shape index (κ1) is 15.6. The minimum absolute atomic E-state index is 0.0480. The summed E-state index contributed by atoms with van der Waals surface area (Å²) in [6.07, 6.45) is 3.53. The maximum absolute atomic E-state index is 12.1. The molecule has 2 atom stereocenters. The van der Waals surface area contributed by atoms with Gasteiger partial charge in [-0.1, -0.05) is 25.6 Å². The maximum atomic E-state index is 12.1. The van der Waals surface area contributed by atoms with Crippen molar-refractivity contribution in [3.8, 4) is 6.07 Å². The Hall–Kier alpha value is -1.48. The predicted molar refractivity (Wildman–Crippen MR) is 75.5 cm³/mol. The second-order valence-corrected chi connectivity index (χ2v) is 6.35. The van der Waals surface area contributed by atoms with Gasteiger partial charge in [0.05, 0.1) is 11.3 Å². The zero-order valence-electron chi connectivity index (χ0n) is 12.0. The Morgan fingerprint density at radius 2 is 2.21 bits per heavy atom. The number of nitrogens with zero attached hydrogens (tertiary/aromatic N) is 3. The Bertz CT molecular complexity index is 491. The predicted octanol–water partition coefficient (Wildman–Crippen LogP) is 1.96. The molecular weight excluding hydrogens is 260 g/mol. The highest BCUT2D eigenvalue weighted by atomic mass is 32.2. The van der Waals surface area contributed by atoms with Crippen LogP contribution in [0.2, 0.25) is 0 Å². The van der Waals surface area contributed by atoms with Crippen LogP contribution >= 0.6 is 11.8 Å². The van der Waals surface area contributed by atoms with E-state index in [0.29, 0.717) is 0 Å². The molecular formula is C13H20N4OS. The number of amides is 1. The minimum atomic E-state index is -0.840. The first-order valence-corrected chi connectivity index (χ1v) is 7.05. The molecule has 104 valence electrons. The Morgan fingerprint density at radius 3 is 2.63 bits per heavy atom. The highest BCUT2D eigenvalue weighted by Crippen LogP contribution is 2.22. The lowest BCUT2D eigenvalue weighted by Crippen LogP contribution is -2.51. The fourth-order valence-corrected chi connectivity index (χ4v) is 2.17. The Kier molecular flexibility index (Phi) is 5.01. The molecule has 0 aliphatic rings. The lowest BCUT2D eigenvalue weighted by atomic mass is 9.90. The van der Waals surface area contributed by atoms with Gasteiger partial charge in [-0.15, -0.1) is 0 Å². The van der Waals surface area contributed by atoms with E-state index in [-0.39, 0.29) is 17.1 Å². The van der Waals surface area contributed by atoms with Gasteiger partial charge in [0.25, 0.3) is 0 Å². The van der Waals surface area contributed by atoms with Gasteiger partial charge in [0, 0.05) is 19.4 Å². The average molecular weight is 280 g/mol. The summed E-state index contributed by atoms with van der Waals surface area (Å²) in [5.41, 5.74) is -0.840. The second-order valence-electron chi connectivity index (χ2n) is 5.04. The van der Waals surface area contributed by atoms with Crippen molar-refractivity contribution in [2.24, 2.45) is 13.0 Å². The number of imidazole rings is 1. The quantitative estimate of drug-likeness (QED) is 0.837. The standard InChI is InChI=1S/C13H20N4OS/c1-9(2)13(4,8-14)16-11(18)10(3)19-12-15-6-7-17(12)5/h6-7,9-10H,1-5H3,(H,16,18)/t10-,13+/m0/s1. The molecule has 0 aromatic carbocycles. The number of hydrogen-bond donors (Lipinski definition) is 1. The van der Waals surface area contributed by atoms with Gasteiger partial charge in [-0.25, -0.2) is 4.98 Å². The van der Waals surface area contributed by atoms with Crippen LogP contribution in [0.1, 0.15) is 27.7 Å². The van der Waals surface area contributed by atoms with Crippen molar-refractivity contribution in [1.82, 2.24) is 14.9 Å². The van der Waals surface area contributed by atoms with Crippen LogP contribution in [0.15, 0.2) is 17.6 Å². The molecule has 0 aliphatic heterocycles. The van der Waals surface area contributed by atoms with Crippen molar-refractivity contribution in [3.63, 3.8) is 0 Å². The van der Waals surface area contributed by atoms with E-state index in [1.807, 2.05) is 38.6 Å². The fraction of sp³-hybridized carbons (Fsp3) is 0.615. The minimum Gasteiger partial charge on any atom is -0.337 e. The summed E-state index contributed by atoms with van der Waals surface area (Å²) in [7, 11) is 1.88. The molecule has 1 N–H and O–H groups in total. The van der Waals surface area contributed by atoms with E-state index in [0.717, 1.165) is 5.16 Å². The molecule has 0 bridgehead atoms. The molecule has 19 heavy (non-hydrogen) atoms. The molecule has 5 nitrogen and oxygen atoms in total. The number of nitriles is 1. The first-order valence-electron chi connectivity index (χ1n) is 6.17. The molecule has 1 heterocycles. The third kappa shape index (κ3) is 3.74. The summed E-state index contributed by atoms with van der Waals surface area (Å²) in [6.45, 7) is 7.39. The molecule has 1 aromatic heterocycles. The summed E-state index contributed by atoms with van der Waals surface area (Å²) >= 11 is 1.38. The fourth-order valence-electron chi connectivity index (χ4n) is 1.34. The summed E-state index contributed by atoms with van der Waals surface area (Å²) in [5, 5.41) is 12.5. The van der Waals surface area contributed by atoms with Crippen molar-refractivity contribution in [2.75, 3.05) is 0 Å². The van der Waals surface area contributed by atoms with Gasteiger partial charge >= 0.3 is 0 Å². The van der Waals surface area contributed by atoms with Crippen molar-refractivity contribution in [3.05, 3.63) is 12.4 Å². The molecule has 6 heteroatoms. The third-order valence-electron chi connectivity index (χ3n) is 3.20. The number of carbonyl (C=O) groups is 1. The summed E-state index contributed by atoms with van der Waals surface area (Å²) in [4.78, 5) is 16.3. The maximum Gasteiger partial charge on any atom is 0.234 e. The molecule has 1 rings (SSSR count). The van der Waals surface area contributed by atoms with Gasteiger partial charge in [-0.2, -0.15) is 5.26 Å². The van der Waals surface area contributed by atoms with Crippen LogP contribution in [0.5, 0.6) is 0 Å². The number of carbonyl (C=O) groups excluding carboxylic acids is 1. The van der Waals surface area contributed by atoms with Crippen molar-refractivity contribution < 1.29 is 4.79 Å². The zero-order chi connectivity index (χ0) is 14.6. The molecule has 1 amide bonds. The van der Waals surface area contributed by atoms with Crippen molar-refractivity contribution in [2.45, 2.75) is 43.6 Å². The van der Waals surface area contributed by atoms with Crippen molar-refractivity contribution >= 4 is 17.7 Å². The number of hydrogen-bond acceptors (Lipinski definition) is 4. The zero-order valence-corrected chi connectivity index (χ0v) is 12.8. The van der Waals surface area contributed by atoms with Gasteiger partial charge in [-0.3, -0.25) is 4.79 Å². The first-order chi connectivity index (χ1) is 8.80. The summed E-state index contributed by atoms with van der Waals surface area (Å²) in [5.74, 6) is -0.0995. The third-order valence-corrected chi connectivity index (χ3v) is 4.37. The van der Waals surface area contributed by atoms with Gasteiger partial charge in [0.15, 0.2) is 5.16 Å². The lowest BCUT2D eigenvalue weighted by Gasteiger charge is -2.28. The monoisotopic (exact) mass is 280 g/mol. The molecule has 0 radical (unpaired) electrons. The van der Waals surface area contributed by atoms with Crippen LogP contribution in [-0.2, 0) is 11.8 Å². The number of thioether (sulfide) groups is 1. The van der Waals surface area contributed by atoms with Crippen LogP contribution in [0.25, 0.3) is 0 Å². The van der Waals surface area contributed by atoms with Gasteiger partial charge < -0.3 is 9.88 Å². The topological polar surface area (TPSA) is 70.7 Å². The van der Waals surface area contributed by atoms with E-state index in [4.69, 9.17) is 0 Å². The van der Waals surface area contributed by atoms with Crippen molar-refractivity contribution in [1.29, 1.82) is 5.26 Å². The molecule has 0 saturated heterocycles. The van der Waals surface area contributed by atoms with E-state index in [1.165, 1.54) is 11.8 Å². The molecule has 0 fully saturated rings. The van der Waals surface area contributed by atoms with Gasteiger partial charge in [0.2, 0.25) is 5.91 Å². The van der Waals surface area contributed by atoms with Crippen LogP contribution < -0.4 is 5.32 Å². The second kappa shape index (κ2) is 6.11. The molecule has 1 aromatic rings. The van der Waals surface area contributed by atoms with Crippen LogP contribution in [0.3, 0.4) is 0 Å². The van der Waals surface area contributed by atoms with Crippen LogP contribution in [0.4, 0.5) is 0 Å². The summed E-state index contributed by atoms with van der Waals surface area (Å²) in [6, 6.07) is 2.17. The number of nitrogens with one attached hydrogen (secondary N) is 1. The summed E-state index contributed by atoms with van der Waals surface area (Å²) < 4.78 is 1.86. The Morgan fingerprint density at radius 1 is 1.58 bits per heavy atom. The number of aryl methyl sites for hydroxylation is 1. The molecule has 0 spiro atoms. The van der Waals surface area contributed by atoms with E-state index >= 15 is 0 Å². The smallest absolute Gasteiger partial charge is 0.234 e. The largest absolute Gasteiger partial charge is 0.337 e. The van der Waals surface area contributed by atoms with Gasteiger partial charge in [-0.05, 0) is 19.8 Å². The van der Waals surface area contributed by atoms with E-state index in [1.54, 1.807) is 13.1 Å². The molecule has 0 aliphatic carbocycles.